The summed E-state index contributed by atoms with van der Waals surface area (Å²) in [6, 6.07) is 4.92. The van der Waals surface area contributed by atoms with Crippen LogP contribution in [0.15, 0.2) is 51.4 Å². The molecule has 5 nitrogen and oxygen atoms in total. The van der Waals surface area contributed by atoms with Crippen LogP contribution in [0.5, 0.6) is 17.2 Å². The number of hydrogen-bond donors (Lipinski definition) is 2. The Morgan fingerprint density at radius 1 is 1.19 bits per heavy atom. The zero-order chi connectivity index (χ0) is 22.5. The molecule has 0 radical (unpaired) electrons. The number of phenols is 2. The first-order valence-corrected chi connectivity index (χ1v) is 10.2. The van der Waals surface area contributed by atoms with Crippen molar-refractivity contribution in [1.82, 2.24) is 0 Å². The molecular formula is C26H26O5. The normalized spacial score (nSPS) is 14.2. The van der Waals surface area contributed by atoms with Crippen LogP contribution in [0.1, 0.15) is 44.4 Å². The van der Waals surface area contributed by atoms with Gasteiger partial charge in [0.1, 0.15) is 34.5 Å². The Labute approximate surface area is 180 Å². The van der Waals surface area contributed by atoms with Crippen LogP contribution in [0.4, 0.5) is 0 Å². The first-order chi connectivity index (χ1) is 14.6. The highest BCUT2D eigenvalue weighted by Gasteiger charge is 2.30. The molecule has 0 spiro atoms. The molecule has 0 saturated heterocycles. The van der Waals surface area contributed by atoms with E-state index in [4.69, 9.17) is 9.15 Å². The predicted molar refractivity (Wildman–Crippen MR) is 123 cm³/mol. The van der Waals surface area contributed by atoms with E-state index in [1.54, 1.807) is 25.1 Å². The van der Waals surface area contributed by atoms with Gasteiger partial charge in [0.15, 0.2) is 5.58 Å². The van der Waals surface area contributed by atoms with Gasteiger partial charge >= 0.3 is 0 Å². The van der Waals surface area contributed by atoms with Gasteiger partial charge < -0.3 is 19.4 Å². The van der Waals surface area contributed by atoms with Crippen molar-refractivity contribution in [2.75, 3.05) is 0 Å². The van der Waals surface area contributed by atoms with Crippen LogP contribution in [0, 0.1) is 6.92 Å². The second-order valence-electron chi connectivity index (χ2n) is 8.78. The van der Waals surface area contributed by atoms with Gasteiger partial charge in [-0.15, -0.1) is 0 Å². The highest BCUT2D eigenvalue weighted by molar-refractivity contribution is 5.97. The molecule has 1 aromatic heterocycles. The van der Waals surface area contributed by atoms with E-state index in [-0.39, 0.29) is 22.3 Å². The average Bonchev–Trinajstić information content (AvgIpc) is 2.69. The minimum atomic E-state index is -0.545. The van der Waals surface area contributed by atoms with E-state index in [9.17, 15) is 15.0 Å². The number of aromatic hydroxyl groups is 2. The van der Waals surface area contributed by atoms with Crippen molar-refractivity contribution < 1.29 is 19.4 Å². The maximum Gasteiger partial charge on any atom is 0.204 e. The third-order valence-electron chi connectivity index (χ3n) is 5.52. The van der Waals surface area contributed by atoms with Crippen LogP contribution in [-0.2, 0) is 6.42 Å². The molecule has 160 valence electrons. The van der Waals surface area contributed by atoms with Crippen molar-refractivity contribution in [3.05, 3.63) is 69.1 Å². The number of phenolic OH excluding ortho intramolecular Hbond substituents is 2. The fourth-order valence-corrected chi connectivity index (χ4v) is 3.77. The van der Waals surface area contributed by atoms with Crippen LogP contribution in [0.3, 0.4) is 0 Å². The number of rotatable bonds is 3. The third kappa shape index (κ3) is 3.61. The van der Waals surface area contributed by atoms with Crippen LogP contribution >= 0.6 is 0 Å². The lowest BCUT2D eigenvalue weighted by Crippen LogP contribution is -2.28. The van der Waals surface area contributed by atoms with E-state index < -0.39 is 5.60 Å². The largest absolute Gasteiger partial charge is 0.508 e. The van der Waals surface area contributed by atoms with Crippen LogP contribution in [-0.4, -0.2) is 15.8 Å². The topological polar surface area (TPSA) is 79.9 Å². The lowest BCUT2D eigenvalue weighted by molar-refractivity contribution is 0.157. The summed E-state index contributed by atoms with van der Waals surface area (Å²) >= 11 is 0. The van der Waals surface area contributed by atoms with Gasteiger partial charge in [0.05, 0.1) is 11.1 Å². The van der Waals surface area contributed by atoms with Gasteiger partial charge in [-0.05, 0) is 76.5 Å². The van der Waals surface area contributed by atoms with Crippen LogP contribution in [0.2, 0.25) is 0 Å². The molecule has 0 saturated carbocycles. The quantitative estimate of drug-likeness (QED) is 0.520. The molecule has 4 rings (SSSR count). The summed E-state index contributed by atoms with van der Waals surface area (Å²) in [5.41, 5.74) is 3.31. The zero-order valence-corrected chi connectivity index (χ0v) is 18.4. The molecule has 2 N–H and O–H groups in total. The molecule has 2 aromatic carbocycles. The fourth-order valence-electron chi connectivity index (χ4n) is 3.77. The summed E-state index contributed by atoms with van der Waals surface area (Å²) in [5, 5.41) is 21.2. The van der Waals surface area contributed by atoms with E-state index in [0.717, 1.165) is 5.57 Å². The minimum absolute atomic E-state index is 0.122. The highest BCUT2D eigenvalue weighted by atomic mass is 16.5. The van der Waals surface area contributed by atoms with Gasteiger partial charge in [0.25, 0.3) is 0 Å². The van der Waals surface area contributed by atoms with E-state index in [1.165, 1.54) is 6.26 Å². The summed E-state index contributed by atoms with van der Waals surface area (Å²) in [4.78, 5) is 13.5. The van der Waals surface area contributed by atoms with Gasteiger partial charge in [-0.3, -0.25) is 4.79 Å². The molecule has 1 aliphatic heterocycles. The molecular weight excluding hydrogens is 392 g/mol. The van der Waals surface area contributed by atoms with Gasteiger partial charge in [0.2, 0.25) is 5.43 Å². The van der Waals surface area contributed by atoms with E-state index in [2.05, 4.69) is 0 Å². The maximum atomic E-state index is 13.5. The van der Waals surface area contributed by atoms with Crippen molar-refractivity contribution in [1.29, 1.82) is 0 Å². The summed E-state index contributed by atoms with van der Waals surface area (Å²) in [6.45, 7) is 9.59. The Hall–Kier alpha value is -3.47. The number of ether oxygens (including phenoxy) is 1. The molecule has 0 aliphatic carbocycles. The fraction of sp³-hybridized carbons (Fsp3) is 0.269. The van der Waals surface area contributed by atoms with Gasteiger partial charge in [-0.2, -0.15) is 0 Å². The van der Waals surface area contributed by atoms with Crippen LogP contribution < -0.4 is 10.2 Å². The van der Waals surface area contributed by atoms with Crippen molar-refractivity contribution >= 4 is 17.0 Å². The summed E-state index contributed by atoms with van der Waals surface area (Å²) < 4.78 is 12.1. The second kappa shape index (κ2) is 7.34. The number of allylic oxidation sites excluding steroid dienone is 2. The monoisotopic (exact) mass is 418 g/mol. The summed E-state index contributed by atoms with van der Waals surface area (Å²) in [7, 11) is 0. The SMILES string of the molecule is CC(C)=CCc1c2c(c3occ(-c4ccc(O)c(C)c4)c(=O)c3c1O)C=CC(C)(C)O2. The molecule has 0 atom stereocenters. The number of hydrogen-bond acceptors (Lipinski definition) is 5. The van der Waals surface area contributed by atoms with Crippen molar-refractivity contribution in [2.24, 2.45) is 0 Å². The first-order valence-electron chi connectivity index (χ1n) is 10.2. The molecule has 0 bridgehead atoms. The lowest BCUT2D eigenvalue weighted by atomic mass is 9.93. The number of benzene rings is 2. The molecule has 5 heteroatoms. The Kier molecular flexibility index (Phi) is 4.92. The minimum Gasteiger partial charge on any atom is -0.508 e. The molecule has 31 heavy (non-hydrogen) atoms. The van der Waals surface area contributed by atoms with Gasteiger partial charge in [-0.1, -0.05) is 17.7 Å². The van der Waals surface area contributed by atoms with E-state index in [0.29, 0.717) is 45.6 Å². The molecule has 1 aliphatic rings. The van der Waals surface area contributed by atoms with Gasteiger partial charge in [0, 0.05) is 5.56 Å². The highest BCUT2D eigenvalue weighted by Crippen LogP contribution is 2.44. The standard InChI is InChI=1S/C26H26O5/c1-14(2)6-8-17-22(28)21-23(29)19(16-7-9-20(27)15(3)12-16)13-30-25(21)18-10-11-26(4,5)31-24(17)18/h6-7,9-13,27-28H,8H2,1-5H3. The molecule has 2 heterocycles. The van der Waals surface area contributed by atoms with E-state index in [1.807, 2.05) is 45.9 Å². The predicted octanol–water partition coefficient (Wildman–Crippen LogP) is 5.87. The van der Waals surface area contributed by atoms with E-state index >= 15 is 0 Å². The van der Waals surface area contributed by atoms with Gasteiger partial charge in [-0.25, -0.2) is 0 Å². The Bertz CT molecular complexity index is 1320. The number of aryl methyl sites for hydroxylation is 1. The lowest BCUT2D eigenvalue weighted by Gasteiger charge is -2.30. The summed E-state index contributed by atoms with van der Waals surface area (Å²) in [5.74, 6) is 0.564. The smallest absolute Gasteiger partial charge is 0.204 e. The zero-order valence-electron chi connectivity index (χ0n) is 18.4. The molecule has 0 amide bonds. The Balaban J connectivity index is 2.05. The number of fused-ring (bicyclic) bond motifs is 3. The first kappa shape index (κ1) is 20.8. The molecule has 3 aromatic rings. The van der Waals surface area contributed by atoms with Crippen LogP contribution in [0.25, 0.3) is 28.2 Å². The Morgan fingerprint density at radius 2 is 1.94 bits per heavy atom. The second-order valence-corrected chi connectivity index (χ2v) is 8.78. The Morgan fingerprint density at radius 3 is 2.61 bits per heavy atom. The summed E-state index contributed by atoms with van der Waals surface area (Å²) in [6.07, 6.45) is 7.62. The average molecular weight is 418 g/mol. The third-order valence-corrected chi connectivity index (χ3v) is 5.52. The van der Waals surface area contributed by atoms with Crippen molar-refractivity contribution in [3.8, 4) is 28.4 Å². The molecule has 0 unspecified atom stereocenters. The molecule has 0 fully saturated rings. The van der Waals surface area contributed by atoms with Crippen molar-refractivity contribution in [3.63, 3.8) is 0 Å². The maximum absolute atomic E-state index is 13.5. The van der Waals surface area contributed by atoms with Crippen molar-refractivity contribution in [2.45, 2.75) is 46.6 Å².